The normalized spacial score (nSPS) is 9.53. The van der Waals surface area contributed by atoms with Gasteiger partial charge in [0.25, 0.3) is 0 Å². The summed E-state index contributed by atoms with van der Waals surface area (Å²) in [7, 11) is 9.97. The van der Waals surface area contributed by atoms with E-state index < -0.39 is 22.1 Å². The van der Waals surface area contributed by atoms with Gasteiger partial charge in [-0.25, -0.2) is 0 Å². The monoisotopic (exact) mass is 452 g/mol. The van der Waals surface area contributed by atoms with E-state index >= 15 is 0 Å². The number of nitrogens with zero attached hydrogens (tertiary/aromatic N) is 2. The molecular weight excluding hydrogens is 444 g/mol. The molecular formula is C12H8Cl2HgN2. The maximum Gasteiger partial charge on any atom is 0.0964 e. The first kappa shape index (κ1) is 13.0. The molecule has 0 radical (unpaired) electrons. The van der Waals surface area contributed by atoms with Crippen molar-refractivity contribution in [3.8, 4) is 0 Å². The number of benzene rings is 1. The molecule has 0 amide bonds. The van der Waals surface area contributed by atoms with Crippen molar-refractivity contribution in [2.45, 2.75) is 0 Å². The molecule has 0 aliphatic heterocycles. The Hall–Kier alpha value is -0.445. The number of rotatable bonds is 0. The third kappa shape index (κ3) is 3.06. The summed E-state index contributed by atoms with van der Waals surface area (Å²) in [6.07, 6.45) is 3.60. The molecule has 0 fully saturated rings. The van der Waals surface area contributed by atoms with Crippen LogP contribution in [0.4, 0.5) is 0 Å². The Kier molecular flexibility index (Phi) is 4.95. The molecule has 2 aromatic heterocycles. The maximum atomic E-state index is 4.99. The summed E-state index contributed by atoms with van der Waals surface area (Å²) >= 11 is -1.14. The number of halogens is 2. The molecule has 0 bridgehead atoms. The number of aromatic nitrogens is 2. The smallest absolute Gasteiger partial charge is 0.0964 e. The van der Waals surface area contributed by atoms with Crippen LogP contribution in [0.1, 0.15) is 0 Å². The largest absolute Gasteiger partial charge is 0.254 e. The zero-order valence-electron chi connectivity index (χ0n) is 8.98. The molecule has 3 aromatic rings. The zero-order valence-corrected chi connectivity index (χ0v) is 16.0. The van der Waals surface area contributed by atoms with Crippen LogP contribution in [0.25, 0.3) is 21.8 Å². The first-order chi connectivity index (χ1) is 8.36. The average molecular weight is 452 g/mol. The molecule has 0 spiro atoms. The van der Waals surface area contributed by atoms with Gasteiger partial charge in [0.15, 0.2) is 0 Å². The van der Waals surface area contributed by atoms with Crippen molar-refractivity contribution in [3.05, 3.63) is 48.8 Å². The van der Waals surface area contributed by atoms with Gasteiger partial charge in [0.05, 0.1) is 11.0 Å². The Balaban J connectivity index is 0.000000329. The summed E-state index contributed by atoms with van der Waals surface area (Å²) < 4.78 is 0. The fourth-order valence-electron chi connectivity index (χ4n) is 1.68. The van der Waals surface area contributed by atoms with Crippen molar-refractivity contribution in [1.82, 2.24) is 9.97 Å². The molecule has 17 heavy (non-hydrogen) atoms. The minimum atomic E-state index is -1.14. The second-order valence-electron chi connectivity index (χ2n) is 3.32. The topological polar surface area (TPSA) is 25.8 Å². The van der Waals surface area contributed by atoms with E-state index in [0.717, 1.165) is 21.8 Å². The van der Waals surface area contributed by atoms with E-state index in [1.165, 1.54) is 0 Å². The summed E-state index contributed by atoms with van der Waals surface area (Å²) in [6, 6.07) is 12.1. The van der Waals surface area contributed by atoms with Crippen molar-refractivity contribution in [2.24, 2.45) is 0 Å². The van der Waals surface area contributed by atoms with Gasteiger partial charge in [0.2, 0.25) is 0 Å². The summed E-state index contributed by atoms with van der Waals surface area (Å²) in [5, 5.41) is 2.28. The SMILES string of the molecule is [Cl][Hg][Cl].c1cnc2c(c1)ccc1cccnc12. The van der Waals surface area contributed by atoms with Crippen molar-refractivity contribution in [2.75, 3.05) is 0 Å². The molecule has 0 saturated carbocycles. The van der Waals surface area contributed by atoms with Gasteiger partial charge < -0.3 is 0 Å². The molecule has 0 atom stereocenters. The van der Waals surface area contributed by atoms with Gasteiger partial charge in [-0.1, -0.05) is 24.3 Å². The number of pyridine rings is 2. The maximum absolute atomic E-state index is 4.99. The summed E-state index contributed by atoms with van der Waals surface area (Å²) in [5.74, 6) is 0. The Morgan fingerprint density at radius 3 is 1.59 bits per heavy atom. The van der Waals surface area contributed by atoms with Gasteiger partial charge in [0.1, 0.15) is 0 Å². The van der Waals surface area contributed by atoms with E-state index in [0.29, 0.717) is 0 Å². The second-order valence-corrected chi connectivity index (χ2v) is 11.2. The van der Waals surface area contributed by atoms with Gasteiger partial charge in [-0.05, 0) is 12.1 Å². The average Bonchev–Trinajstić information content (AvgIpc) is 2.40. The number of hydrogen-bond acceptors (Lipinski definition) is 2. The van der Waals surface area contributed by atoms with E-state index in [-0.39, 0.29) is 0 Å². The summed E-state index contributed by atoms with van der Waals surface area (Å²) in [4.78, 5) is 8.69. The number of hydrogen-bond donors (Lipinski definition) is 0. The Morgan fingerprint density at radius 1 is 0.765 bits per heavy atom. The van der Waals surface area contributed by atoms with Crippen LogP contribution < -0.4 is 0 Å². The van der Waals surface area contributed by atoms with Crippen LogP contribution in [0.2, 0.25) is 0 Å². The summed E-state index contributed by atoms with van der Waals surface area (Å²) in [5.41, 5.74) is 1.95. The van der Waals surface area contributed by atoms with Crippen molar-refractivity contribution in [3.63, 3.8) is 0 Å². The van der Waals surface area contributed by atoms with Crippen LogP contribution in [0.15, 0.2) is 48.8 Å². The Labute approximate surface area is 118 Å². The molecule has 0 aliphatic carbocycles. The van der Waals surface area contributed by atoms with E-state index in [2.05, 4.69) is 34.2 Å². The summed E-state index contributed by atoms with van der Waals surface area (Å²) in [6.45, 7) is 0. The second kappa shape index (κ2) is 6.48. The van der Waals surface area contributed by atoms with Crippen LogP contribution in [0.3, 0.4) is 0 Å². The van der Waals surface area contributed by atoms with Gasteiger partial charge in [0, 0.05) is 23.2 Å². The standard InChI is InChI=1S/C12H8N2.2ClH.Hg/c1-3-9-5-6-10-4-2-8-14-12(10)11(9)13-7-1;;;/h1-8H;2*1H;/q;;;+2/p-2. The van der Waals surface area contributed by atoms with Crippen LogP contribution in [0.5, 0.6) is 0 Å². The molecule has 0 saturated heterocycles. The fourth-order valence-corrected chi connectivity index (χ4v) is 1.68. The van der Waals surface area contributed by atoms with Crippen molar-refractivity contribution in [1.29, 1.82) is 0 Å². The van der Waals surface area contributed by atoms with Crippen molar-refractivity contribution < 1.29 is 22.1 Å². The van der Waals surface area contributed by atoms with Crippen LogP contribution in [0, 0.1) is 0 Å². The Morgan fingerprint density at radius 2 is 1.18 bits per heavy atom. The molecule has 5 heteroatoms. The Bertz CT molecular complexity index is 576. The molecule has 0 N–H and O–H groups in total. The predicted molar refractivity (Wildman–Crippen MR) is 68.8 cm³/mol. The van der Waals surface area contributed by atoms with E-state index in [1.807, 2.05) is 12.1 Å². The quantitative estimate of drug-likeness (QED) is 0.379. The first-order valence-electron chi connectivity index (χ1n) is 5.07. The van der Waals surface area contributed by atoms with Crippen LogP contribution in [-0.2, 0) is 22.1 Å². The number of fused-ring (bicyclic) bond motifs is 3. The predicted octanol–water partition coefficient (Wildman–Crippen LogP) is 4.16. The van der Waals surface area contributed by atoms with Gasteiger partial charge in [-0.15, -0.1) is 0 Å². The van der Waals surface area contributed by atoms with Crippen LogP contribution in [-0.4, -0.2) is 9.97 Å². The molecule has 0 aliphatic rings. The molecule has 1 aromatic carbocycles. The van der Waals surface area contributed by atoms with Gasteiger partial charge in [-0.3, -0.25) is 9.97 Å². The molecule has 2 heterocycles. The molecule has 0 unspecified atom stereocenters. The van der Waals surface area contributed by atoms with Crippen LogP contribution >= 0.6 is 16.5 Å². The molecule has 82 valence electrons. The molecule has 2 nitrogen and oxygen atoms in total. The van der Waals surface area contributed by atoms with Gasteiger partial charge in [-0.2, -0.15) is 0 Å². The third-order valence-corrected chi connectivity index (χ3v) is 2.34. The fraction of sp³-hybridized carbons (Fsp3) is 0. The van der Waals surface area contributed by atoms with E-state index in [9.17, 15) is 0 Å². The third-order valence-electron chi connectivity index (χ3n) is 2.34. The van der Waals surface area contributed by atoms with Gasteiger partial charge >= 0.3 is 38.6 Å². The zero-order chi connectivity index (χ0) is 12.1. The van der Waals surface area contributed by atoms with E-state index in [1.54, 1.807) is 12.4 Å². The van der Waals surface area contributed by atoms with Crippen molar-refractivity contribution >= 4 is 38.3 Å². The minimum absolute atomic E-state index is 0.977. The molecule has 3 rings (SSSR count). The van der Waals surface area contributed by atoms with E-state index in [4.69, 9.17) is 16.5 Å². The first-order valence-corrected chi connectivity index (χ1v) is 18.6. The minimum Gasteiger partial charge on any atom is -0.254 e.